The van der Waals surface area contributed by atoms with E-state index in [2.05, 4.69) is 111 Å². The number of fused-ring (bicyclic) bond motifs is 2. The van der Waals surface area contributed by atoms with Gasteiger partial charge < -0.3 is 25.5 Å². The molecular weight excluding hydrogens is 553 g/mol. The fourth-order valence-corrected chi connectivity index (χ4v) is 5.77. The Balaban J connectivity index is 0.000000402. The first kappa shape index (κ1) is 36.9. The number of allylic oxidation sites excluding steroid dienone is 4. The third kappa shape index (κ3) is 9.10. The van der Waals surface area contributed by atoms with Crippen LogP contribution in [-0.2, 0) is 15.6 Å². The second-order valence-electron chi connectivity index (χ2n) is 13.0. The first-order valence-electron chi connectivity index (χ1n) is 15.8. The Kier molecular flexibility index (Phi) is 14.0. The quantitative estimate of drug-likeness (QED) is 0.312. The number of benzene rings is 2. The summed E-state index contributed by atoms with van der Waals surface area (Å²) in [6.45, 7) is 15.0. The normalized spacial score (nSPS) is 17.0. The van der Waals surface area contributed by atoms with Crippen molar-refractivity contribution < 1.29 is 28.7 Å². The molecule has 5 N–H and O–H groups in total. The van der Waals surface area contributed by atoms with Crippen molar-refractivity contribution >= 4 is 23.1 Å². The minimum atomic E-state index is -0.716. The zero-order valence-electron chi connectivity index (χ0n) is 28.5. The first-order valence-corrected chi connectivity index (χ1v) is 15.8. The molecule has 0 atom stereocenters. The summed E-state index contributed by atoms with van der Waals surface area (Å²) in [6.07, 6.45) is 7.09. The highest BCUT2D eigenvalue weighted by atomic mass is 19.1. The van der Waals surface area contributed by atoms with E-state index in [0.717, 1.165) is 18.0 Å². The lowest BCUT2D eigenvalue weighted by atomic mass is 9.81. The molecule has 8 heteroatoms. The van der Waals surface area contributed by atoms with Crippen LogP contribution in [0.2, 0.25) is 0 Å². The van der Waals surface area contributed by atoms with Gasteiger partial charge in [0.2, 0.25) is 5.69 Å². The van der Waals surface area contributed by atoms with Crippen molar-refractivity contribution in [3.63, 3.8) is 0 Å². The van der Waals surface area contributed by atoms with Crippen molar-refractivity contribution in [3.05, 3.63) is 83.6 Å². The molecule has 0 radical (unpaired) electrons. The maximum Gasteiger partial charge on any atom is 0.309 e. The smallest absolute Gasteiger partial charge is 0.309 e. The van der Waals surface area contributed by atoms with Crippen LogP contribution in [0.5, 0.6) is 0 Å². The van der Waals surface area contributed by atoms with Gasteiger partial charge in [0, 0.05) is 41.1 Å². The largest absolute Gasteiger partial charge is 0.481 e. The Hall–Kier alpha value is -3.33. The van der Waals surface area contributed by atoms with E-state index in [0.29, 0.717) is 19.6 Å². The van der Waals surface area contributed by atoms with E-state index >= 15 is 0 Å². The standard InChI is InChI=1S/C27H34N3.C5H11NO2.C4H10FN/c1-6-29-22-14-9-7-12-20(22)26(2,3)24(29)16-11-17-25-27(4,5)21-13-8-10-15-23(21)30(25)19-18-28;1-6(2)4-3-5(7)8;1-6(2)4-3-5/h7-17H,6,18-19,28H2,1-5H3;3-4H2,1-2H3,(H,7,8);3-4H2,1-2H3/q+1;;/p+2. The van der Waals surface area contributed by atoms with Gasteiger partial charge in [-0.3, -0.25) is 4.79 Å². The molecule has 0 bridgehead atoms. The molecular formula is C36H57FN5O2+3. The zero-order valence-corrected chi connectivity index (χ0v) is 28.5. The number of anilines is 1. The molecule has 0 amide bonds. The molecule has 242 valence electrons. The Morgan fingerprint density at radius 1 is 0.955 bits per heavy atom. The number of para-hydroxylation sites is 2. The lowest BCUT2D eigenvalue weighted by Crippen LogP contribution is -3.06. The summed E-state index contributed by atoms with van der Waals surface area (Å²) in [6, 6.07) is 17.5. The molecule has 0 aromatic heterocycles. The van der Waals surface area contributed by atoms with E-state index in [1.165, 1.54) is 38.8 Å². The highest BCUT2D eigenvalue weighted by Crippen LogP contribution is 2.47. The van der Waals surface area contributed by atoms with Crippen molar-refractivity contribution in [3.8, 4) is 0 Å². The van der Waals surface area contributed by atoms with Gasteiger partial charge in [-0.2, -0.15) is 4.58 Å². The molecule has 2 aliphatic heterocycles. The highest BCUT2D eigenvalue weighted by molar-refractivity contribution is 6.03. The summed E-state index contributed by atoms with van der Waals surface area (Å²) in [7, 11) is 7.73. The maximum atomic E-state index is 11.2. The third-order valence-electron chi connectivity index (χ3n) is 8.21. The van der Waals surface area contributed by atoms with Crippen LogP contribution in [0.4, 0.5) is 15.8 Å². The Labute approximate surface area is 265 Å². The molecule has 0 saturated heterocycles. The zero-order chi connectivity index (χ0) is 33.1. The second-order valence-corrected chi connectivity index (χ2v) is 13.0. The van der Waals surface area contributed by atoms with Gasteiger partial charge in [0.15, 0.2) is 12.3 Å². The second kappa shape index (κ2) is 16.7. The fourth-order valence-electron chi connectivity index (χ4n) is 5.77. The van der Waals surface area contributed by atoms with Gasteiger partial charge in [0.25, 0.3) is 0 Å². The number of nitrogens with two attached hydrogens (primary N) is 1. The number of aliphatic carboxylic acids is 1. The molecule has 0 fully saturated rings. The summed E-state index contributed by atoms with van der Waals surface area (Å²) in [5.41, 5.74) is 14.0. The van der Waals surface area contributed by atoms with Crippen LogP contribution in [-0.4, -0.2) is 89.0 Å². The Morgan fingerprint density at radius 3 is 2.05 bits per heavy atom. The van der Waals surface area contributed by atoms with E-state index in [1.54, 1.807) is 0 Å². The number of hydrogen-bond donors (Lipinski definition) is 4. The van der Waals surface area contributed by atoms with Crippen LogP contribution in [0, 0.1) is 0 Å². The van der Waals surface area contributed by atoms with E-state index in [1.807, 2.05) is 28.2 Å². The molecule has 0 saturated carbocycles. The van der Waals surface area contributed by atoms with E-state index in [9.17, 15) is 9.18 Å². The predicted octanol–water partition coefficient (Wildman–Crippen LogP) is 2.99. The minimum absolute atomic E-state index is 0.00723. The number of carboxylic acid groups (broad SMARTS) is 1. The summed E-state index contributed by atoms with van der Waals surface area (Å²) in [5.74, 6) is -0.716. The Morgan fingerprint density at radius 2 is 1.55 bits per heavy atom. The van der Waals surface area contributed by atoms with Crippen molar-refractivity contribution in [2.45, 2.75) is 51.9 Å². The molecule has 44 heavy (non-hydrogen) atoms. The number of carboxylic acids is 1. The summed E-state index contributed by atoms with van der Waals surface area (Å²) >= 11 is 0. The lowest BCUT2D eigenvalue weighted by Gasteiger charge is -2.25. The van der Waals surface area contributed by atoms with Crippen molar-refractivity contribution in [1.29, 1.82) is 0 Å². The number of likely N-dealkylation sites (N-methyl/N-ethyl adjacent to an activating group) is 1. The third-order valence-corrected chi connectivity index (χ3v) is 8.21. The maximum absolute atomic E-state index is 11.2. The average molecular weight is 611 g/mol. The van der Waals surface area contributed by atoms with Crippen molar-refractivity contribution in [1.82, 2.24) is 0 Å². The summed E-state index contributed by atoms with van der Waals surface area (Å²) < 4.78 is 13.6. The van der Waals surface area contributed by atoms with Gasteiger partial charge >= 0.3 is 5.97 Å². The van der Waals surface area contributed by atoms with E-state index in [4.69, 9.17) is 10.8 Å². The molecule has 0 spiro atoms. The number of nitrogens with one attached hydrogen (secondary N) is 2. The fraction of sp³-hybridized carbons (Fsp3) is 0.500. The molecule has 4 rings (SSSR count). The van der Waals surface area contributed by atoms with Gasteiger partial charge in [0.05, 0.1) is 53.1 Å². The number of rotatable bonds is 10. The molecule has 7 nitrogen and oxygen atoms in total. The van der Waals surface area contributed by atoms with Gasteiger partial charge in [-0.05, 0) is 38.5 Å². The molecule has 0 unspecified atom stereocenters. The topological polar surface area (TPSA) is 78.4 Å². The van der Waals surface area contributed by atoms with Crippen LogP contribution in [0.3, 0.4) is 0 Å². The Bertz CT molecular complexity index is 1330. The van der Waals surface area contributed by atoms with Gasteiger partial charge in [-0.25, -0.2) is 4.39 Å². The lowest BCUT2D eigenvalue weighted by molar-refractivity contribution is -0.858. The number of hydrogen-bond acceptors (Lipinski definition) is 3. The monoisotopic (exact) mass is 610 g/mol. The molecule has 2 heterocycles. The summed E-state index contributed by atoms with van der Waals surface area (Å²) in [5, 5.41) is 8.15. The number of halogens is 1. The van der Waals surface area contributed by atoms with Gasteiger partial charge in [0.1, 0.15) is 13.2 Å². The van der Waals surface area contributed by atoms with Gasteiger partial charge in [-0.1, -0.05) is 56.3 Å². The first-order chi connectivity index (χ1) is 20.7. The summed E-state index contributed by atoms with van der Waals surface area (Å²) in [4.78, 5) is 14.7. The molecule has 2 aromatic rings. The number of alkyl halides is 1. The van der Waals surface area contributed by atoms with Crippen LogP contribution in [0.1, 0.15) is 52.2 Å². The van der Waals surface area contributed by atoms with Gasteiger partial charge in [-0.15, -0.1) is 0 Å². The van der Waals surface area contributed by atoms with Crippen LogP contribution < -0.4 is 20.4 Å². The number of carbonyl (C=O) groups is 1. The molecule has 0 aliphatic carbocycles. The van der Waals surface area contributed by atoms with E-state index in [-0.39, 0.29) is 23.9 Å². The number of nitrogens with zero attached hydrogens (tertiary/aromatic N) is 2. The number of quaternary nitrogens is 2. The molecule has 2 aliphatic rings. The highest BCUT2D eigenvalue weighted by Gasteiger charge is 2.44. The SMILES string of the molecule is CCN1/C(=C/C=C/C2=[N+](CCN)c3ccccc3C2(C)C)C(C)(C)c2ccccc21.C[NH+](C)CCC(=O)O.C[NH+](C)CCF. The van der Waals surface area contributed by atoms with Crippen molar-refractivity contribution in [2.75, 3.05) is 72.5 Å². The minimum Gasteiger partial charge on any atom is -0.481 e. The van der Waals surface area contributed by atoms with Crippen LogP contribution >= 0.6 is 0 Å². The predicted molar refractivity (Wildman–Crippen MR) is 182 cm³/mol. The van der Waals surface area contributed by atoms with Crippen molar-refractivity contribution in [2.24, 2.45) is 5.73 Å². The van der Waals surface area contributed by atoms with Crippen LogP contribution in [0.25, 0.3) is 0 Å². The van der Waals surface area contributed by atoms with Crippen LogP contribution in [0.15, 0.2) is 72.5 Å². The average Bonchev–Trinajstić information content (AvgIpc) is 3.32. The van der Waals surface area contributed by atoms with E-state index < -0.39 is 5.97 Å². The molecule has 2 aromatic carbocycles.